The zero-order valence-corrected chi connectivity index (χ0v) is 9.33. The van der Waals surface area contributed by atoms with Gasteiger partial charge in [0.05, 0.1) is 18.5 Å². The van der Waals surface area contributed by atoms with Crippen LogP contribution in [0.25, 0.3) is 5.82 Å². The van der Waals surface area contributed by atoms with E-state index in [-0.39, 0.29) is 12.5 Å². The quantitative estimate of drug-likeness (QED) is 0.842. The van der Waals surface area contributed by atoms with Gasteiger partial charge in [0.15, 0.2) is 5.82 Å². The Bertz CT molecular complexity index is 464. The first-order valence-corrected chi connectivity index (χ1v) is 5.19. The molecule has 16 heavy (non-hydrogen) atoms. The summed E-state index contributed by atoms with van der Waals surface area (Å²) in [6.45, 7) is 4.11. The molecule has 0 atom stereocenters. The maximum absolute atomic E-state index is 9.24. The van der Waals surface area contributed by atoms with Crippen molar-refractivity contribution in [1.82, 2.24) is 20.0 Å². The van der Waals surface area contributed by atoms with Crippen molar-refractivity contribution in [2.24, 2.45) is 0 Å². The van der Waals surface area contributed by atoms with Gasteiger partial charge in [-0.25, -0.2) is 4.68 Å². The SMILES string of the molecule is CC(C)c1c(CO)cnn1-c1cccnn1. The molecule has 0 aliphatic rings. The van der Waals surface area contributed by atoms with E-state index in [1.807, 2.05) is 12.1 Å². The lowest BCUT2D eigenvalue weighted by Gasteiger charge is -2.10. The molecular formula is C11H14N4O. The second-order valence-corrected chi connectivity index (χ2v) is 3.86. The maximum atomic E-state index is 9.24. The Kier molecular flexibility index (Phi) is 2.96. The fourth-order valence-electron chi connectivity index (χ4n) is 1.72. The van der Waals surface area contributed by atoms with Gasteiger partial charge in [-0.3, -0.25) is 0 Å². The van der Waals surface area contributed by atoms with Crippen LogP contribution in [-0.4, -0.2) is 25.1 Å². The number of aliphatic hydroxyl groups excluding tert-OH is 1. The van der Waals surface area contributed by atoms with Crippen molar-refractivity contribution in [3.05, 3.63) is 35.8 Å². The standard InChI is InChI=1S/C11H14N4O/c1-8(2)11-9(7-16)6-13-15(11)10-4-3-5-12-14-10/h3-6,8,16H,7H2,1-2H3. The highest BCUT2D eigenvalue weighted by atomic mass is 16.3. The second-order valence-electron chi connectivity index (χ2n) is 3.86. The van der Waals surface area contributed by atoms with Crippen LogP contribution in [0.15, 0.2) is 24.5 Å². The minimum absolute atomic E-state index is 0.00618. The van der Waals surface area contributed by atoms with Crippen LogP contribution in [0.3, 0.4) is 0 Å². The van der Waals surface area contributed by atoms with Crippen molar-refractivity contribution in [2.45, 2.75) is 26.4 Å². The molecule has 0 radical (unpaired) electrons. The van der Waals surface area contributed by atoms with E-state index in [0.717, 1.165) is 11.3 Å². The lowest BCUT2D eigenvalue weighted by atomic mass is 10.1. The van der Waals surface area contributed by atoms with Crippen LogP contribution in [0.2, 0.25) is 0 Å². The number of nitrogens with zero attached hydrogens (tertiary/aromatic N) is 4. The largest absolute Gasteiger partial charge is 0.392 e. The van der Waals surface area contributed by atoms with Crippen molar-refractivity contribution < 1.29 is 5.11 Å². The molecule has 0 bridgehead atoms. The zero-order valence-electron chi connectivity index (χ0n) is 9.33. The van der Waals surface area contributed by atoms with Gasteiger partial charge in [0.1, 0.15) is 0 Å². The summed E-state index contributed by atoms with van der Waals surface area (Å²) >= 11 is 0. The lowest BCUT2D eigenvalue weighted by Crippen LogP contribution is -2.07. The van der Waals surface area contributed by atoms with E-state index < -0.39 is 0 Å². The van der Waals surface area contributed by atoms with Crippen LogP contribution in [0.5, 0.6) is 0 Å². The fraction of sp³-hybridized carbons (Fsp3) is 0.364. The van der Waals surface area contributed by atoms with E-state index in [1.54, 1.807) is 17.1 Å². The third kappa shape index (κ3) is 1.81. The molecule has 0 saturated carbocycles. The summed E-state index contributed by atoms with van der Waals surface area (Å²) in [5, 5.41) is 21.3. The Morgan fingerprint density at radius 1 is 1.44 bits per heavy atom. The van der Waals surface area contributed by atoms with Crippen molar-refractivity contribution in [3.63, 3.8) is 0 Å². The molecule has 0 spiro atoms. The molecular weight excluding hydrogens is 204 g/mol. The number of hydrogen-bond acceptors (Lipinski definition) is 4. The van der Waals surface area contributed by atoms with Crippen LogP contribution in [0.1, 0.15) is 31.0 Å². The molecule has 5 heteroatoms. The van der Waals surface area contributed by atoms with Crippen LogP contribution in [0.4, 0.5) is 0 Å². The molecule has 1 N–H and O–H groups in total. The van der Waals surface area contributed by atoms with Crippen molar-refractivity contribution in [1.29, 1.82) is 0 Å². The summed E-state index contributed by atoms with van der Waals surface area (Å²) in [4.78, 5) is 0. The van der Waals surface area contributed by atoms with E-state index in [4.69, 9.17) is 0 Å². The molecule has 0 unspecified atom stereocenters. The Morgan fingerprint density at radius 3 is 2.81 bits per heavy atom. The third-order valence-electron chi connectivity index (χ3n) is 2.38. The van der Waals surface area contributed by atoms with E-state index >= 15 is 0 Å². The highest BCUT2D eigenvalue weighted by Crippen LogP contribution is 2.21. The molecule has 2 heterocycles. The van der Waals surface area contributed by atoms with E-state index in [0.29, 0.717) is 5.82 Å². The normalized spacial score (nSPS) is 11.0. The number of aliphatic hydroxyl groups is 1. The van der Waals surface area contributed by atoms with Gasteiger partial charge in [0, 0.05) is 11.8 Å². The Morgan fingerprint density at radius 2 is 2.25 bits per heavy atom. The molecule has 0 amide bonds. The minimum Gasteiger partial charge on any atom is -0.392 e. The highest BCUT2D eigenvalue weighted by Gasteiger charge is 2.15. The van der Waals surface area contributed by atoms with Crippen LogP contribution < -0.4 is 0 Å². The predicted molar refractivity (Wildman–Crippen MR) is 59.2 cm³/mol. The minimum atomic E-state index is -0.00618. The number of rotatable bonds is 3. The highest BCUT2D eigenvalue weighted by molar-refractivity contribution is 5.29. The summed E-state index contributed by atoms with van der Waals surface area (Å²) in [5.74, 6) is 0.942. The van der Waals surface area contributed by atoms with Crippen molar-refractivity contribution in [3.8, 4) is 5.82 Å². The first-order chi connectivity index (χ1) is 7.74. The summed E-state index contributed by atoms with van der Waals surface area (Å²) in [5.41, 5.74) is 1.81. The monoisotopic (exact) mass is 218 g/mol. The zero-order chi connectivity index (χ0) is 11.5. The molecule has 0 aliphatic carbocycles. The van der Waals surface area contributed by atoms with Crippen LogP contribution in [-0.2, 0) is 6.61 Å². The van der Waals surface area contributed by atoms with Gasteiger partial charge in [-0.05, 0) is 18.1 Å². The predicted octanol–water partition coefficient (Wildman–Crippen LogP) is 1.28. The summed E-state index contributed by atoms with van der Waals surface area (Å²) in [6, 6.07) is 3.65. The molecule has 2 aromatic rings. The molecule has 0 aliphatic heterocycles. The third-order valence-corrected chi connectivity index (χ3v) is 2.38. The molecule has 5 nitrogen and oxygen atoms in total. The first-order valence-electron chi connectivity index (χ1n) is 5.19. The average molecular weight is 218 g/mol. The molecule has 0 saturated heterocycles. The van der Waals surface area contributed by atoms with Gasteiger partial charge in [-0.1, -0.05) is 13.8 Å². The molecule has 0 fully saturated rings. The van der Waals surface area contributed by atoms with Gasteiger partial charge in [-0.15, -0.1) is 5.10 Å². The van der Waals surface area contributed by atoms with Crippen LogP contribution in [0, 0.1) is 0 Å². The fourth-order valence-corrected chi connectivity index (χ4v) is 1.72. The molecule has 84 valence electrons. The van der Waals surface area contributed by atoms with Gasteiger partial charge in [0.25, 0.3) is 0 Å². The Labute approximate surface area is 93.8 Å². The summed E-state index contributed by atoms with van der Waals surface area (Å²) < 4.78 is 1.73. The Balaban J connectivity index is 2.53. The number of aromatic nitrogens is 4. The lowest BCUT2D eigenvalue weighted by molar-refractivity contribution is 0.280. The van der Waals surface area contributed by atoms with Crippen LogP contribution >= 0.6 is 0 Å². The van der Waals surface area contributed by atoms with Gasteiger partial charge >= 0.3 is 0 Å². The van der Waals surface area contributed by atoms with Gasteiger partial charge in [0.2, 0.25) is 0 Å². The Hall–Kier alpha value is -1.75. The molecule has 2 rings (SSSR count). The van der Waals surface area contributed by atoms with Gasteiger partial charge in [-0.2, -0.15) is 10.2 Å². The summed E-state index contributed by atoms with van der Waals surface area (Å²) in [7, 11) is 0. The first kappa shape index (κ1) is 10.8. The smallest absolute Gasteiger partial charge is 0.175 e. The van der Waals surface area contributed by atoms with E-state index in [1.165, 1.54) is 0 Å². The average Bonchev–Trinajstić information content (AvgIpc) is 2.73. The van der Waals surface area contributed by atoms with E-state index in [2.05, 4.69) is 29.1 Å². The van der Waals surface area contributed by atoms with Gasteiger partial charge < -0.3 is 5.11 Å². The number of hydrogen-bond donors (Lipinski definition) is 1. The summed E-state index contributed by atoms with van der Waals surface area (Å²) in [6.07, 6.45) is 3.29. The molecule has 2 aromatic heterocycles. The van der Waals surface area contributed by atoms with Crippen molar-refractivity contribution in [2.75, 3.05) is 0 Å². The molecule has 0 aromatic carbocycles. The van der Waals surface area contributed by atoms with Crippen molar-refractivity contribution >= 4 is 0 Å². The maximum Gasteiger partial charge on any atom is 0.175 e. The second kappa shape index (κ2) is 4.40. The van der Waals surface area contributed by atoms with E-state index in [9.17, 15) is 5.11 Å². The topological polar surface area (TPSA) is 63.8 Å².